The van der Waals surface area contributed by atoms with E-state index in [1.807, 2.05) is 0 Å². The highest BCUT2D eigenvalue weighted by atomic mass is 16.3. The van der Waals surface area contributed by atoms with Gasteiger partial charge in [0.25, 0.3) is 5.56 Å². The topological polar surface area (TPSA) is 91.8 Å². The van der Waals surface area contributed by atoms with E-state index in [9.17, 15) is 4.79 Å². The predicted octanol–water partition coefficient (Wildman–Crippen LogP) is 0.0701. The molecule has 88 valence electrons. The lowest BCUT2D eigenvalue weighted by Crippen LogP contribution is -2.18. The van der Waals surface area contributed by atoms with Crippen LogP contribution in [0.5, 0.6) is 0 Å². The van der Waals surface area contributed by atoms with E-state index in [0.29, 0.717) is 29.2 Å². The van der Waals surface area contributed by atoms with Gasteiger partial charge in [-0.25, -0.2) is 15.0 Å². The van der Waals surface area contributed by atoms with Crippen LogP contribution in [-0.2, 0) is 6.42 Å². The molecule has 0 aliphatic carbocycles. The Hall–Kier alpha value is -2.08. The van der Waals surface area contributed by atoms with E-state index in [1.54, 1.807) is 19.2 Å². The molecule has 0 aliphatic heterocycles. The third kappa shape index (κ3) is 2.36. The first-order valence-corrected chi connectivity index (χ1v) is 5.19. The zero-order valence-electron chi connectivity index (χ0n) is 9.34. The summed E-state index contributed by atoms with van der Waals surface area (Å²) in [5.74, 6) is 0.414. The highest BCUT2D eigenvalue weighted by Crippen LogP contribution is 2.10. The van der Waals surface area contributed by atoms with E-state index in [4.69, 9.17) is 5.11 Å². The molecule has 0 amide bonds. The first-order valence-electron chi connectivity index (χ1n) is 5.19. The van der Waals surface area contributed by atoms with Crippen LogP contribution in [0.2, 0.25) is 0 Å². The largest absolute Gasteiger partial charge is 0.396 e. The summed E-state index contributed by atoms with van der Waals surface area (Å²) < 4.78 is 0. The zero-order valence-corrected chi connectivity index (χ0v) is 9.34. The Kier molecular flexibility index (Phi) is 3.24. The zero-order chi connectivity index (χ0) is 12.3. The van der Waals surface area contributed by atoms with Crippen LogP contribution in [0.1, 0.15) is 11.3 Å². The molecule has 0 atom stereocenters. The molecular weight excluding hydrogens is 220 g/mol. The van der Waals surface area contributed by atoms with Gasteiger partial charge in [-0.3, -0.25) is 4.79 Å². The first-order chi connectivity index (χ1) is 8.22. The van der Waals surface area contributed by atoms with Crippen LogP contribution in [-0.4, -0.2) is 31.6 Å². The van der Waals surface area contributed by atoms with Crippen LogP contribution >= 0.6 is 0 Å². The van der Waals surface area contributed by atoms with Crippen molar-refractivity contribution in [3.05, 3.63) is 40.2 Å². The summed E-state index contributed by atoms with van der Waals surface area (Å²) in [6, 6.07) is 1.67. The SMILES string of the molecule is Cc1nc(-c2ccncn2)[nH]c(=O)c1CCO. The Labute approximate surface area is 97.4 Å². The monoisotopic (exact) mass is 232 g/mol. The molecule has 2 heterocycles. The van der Waals surface area contributed by atoms with Crippen molar-refractivity contribution in [2.45, 2.75) is 13.3 Å². The van der Waals surface area contributed by atoms with Crippen LogP contribution < -0.4 is 5.56 Å². The first kappa shape index (κ1) is 11.4. The fourth-order valence-corrected chi connectivity index (χ4v) is 1.57. The lowest BCUT2D eigenvalue weighted by Gasteiger charge is -2.05. The summed E-state index contributed by atoms with van der Waals surface area (Å²) in [6.07, 6.45) is 3.28. The molecule has 0 aliphatic rings. The van der Waals surface area contributed by atoms with Crippen LogP contribution in [0.4, 0.5) is 0 Å². The van der Waals surface area contributed by atoms with Gasteiger partial charge in [0.15, 0.2) is 5.82 Å². The normalized spacial score (nSPS) is 10.5. The highest BCUT2D eigenvalue weighted by molar-refractivity contribution is 5.48. The number of aryl methyl sites for hydroxylation is 1. The minimum absolute atomic E-state index is 0.0710. The maximum Gasteiger partial charge on any atom is 0.254 e. The second kappa shape index (κ2) is 4.84. The van der Waals surface area contributed by atoms with Crippen molar-refractivity contribution in [3.63, 3.8) is 0 Å². The van der Waals surface area contributed by atoms with E-state index in [-0.39, 0.29) is 12.2 Å². The molecule has 0 bridgehead atoms. The summed E-state index contributed by atoms with van der Waals surface area (Å²) in [5.41, 5.74) is 1.44. The van der Waals surface area contributed by atoms with Gasteiger partial charge in [-0.2, -0.15) is 0 Å². The van der Waals surface area contributed by atoms with Crippen molar-refractivity contribution in [2.75, 3.05) is 6.61 Å². The summed E-state index contributed by atoms with van der Waals surface area (Å²) in [6.45, 7) is 1.67. The standard InChI is InChI=1S/C11H12N4O2/c1-7-8(3-5-16)11(17)15-10(14-7)9-2-4-12-6-13-9/h2,4,6,16H,3,5H2,1H3,(H,14,15,17). The molecule has 0 spiro atoms. The lowest BCUT2D eigenvalue weighted by molar-refractivity contribution is 0.298. The molecule has 0 unspecified atom stereocenters. The number of aliphatic hydroxyl groups is 1. The molecule has 0 saturated heterocycles. The van der Waals surface area contributed by atoms with Crippen LogP contribution in [0.25, 0.3) is 11.5 Å². The quantitative estimate of drug-likeness (QED) is 0.781. The number of nitrogens with zero attached hydrogens (tertiary/aromatic N) is 3. The van der Waals surface area contributed by atoms with Gasteiger partial charge in [-0.05, 0) is 13.0 Å². The molecule has 0 fully saturated rings. The summed E-state index contributed by atoms with van der Waals surface area (Å²) in [7, 11) is 0. The maximum absolute atomic E-state index is 11.8. The Bertz CT molecular complexity index is 565. The minimum Gasteiger partial charge on any atom is -0.396 e. The average molecular weight is 232 g/mol. The fraction of sp³-hybridized carbons (Fsp3) is 0.273. The van der Waals surface area contributed by atoms with E-state index < -0.39 is 0 Å². The van der Waals surface area contributed by atoms with E-state index >= 15 is 0 Å². The van der Waals surface area contributed by atoms with Crippen molar-refractivity contribution < 1.29 is 5.11 Å². The Morgan fingerprint density at radius 1 is 1.47 bits per heavy atom. The highest BCUT2D eigenvalue weighted by Gasteiger charge is 2.09. The van der Waals surface area contributed by atoms with Gasteiger partial charge in [-0.15, -0.1) is 0 Å². The second-order valence-corrected chi connectivity index (χ2v) is 3.55. The van der Waals surface area contributed by atoms with Gasteiger partial charge >= 0.3 is 0 Å². The maximum atomic E-state index is 11.8. The van der Waals surface area contributed by atoms with E-state index in [1.165, 1.54) is 6.33 Å². The third-order valence-electron chi connectivity index (χ3n) is 2.41. The molecule has 2 N–H and O–H groups in total. The van der Waals surface area contributed by atoms with Crippen LogP contribution in [0.15, 0.2) is 23.4 Å². The van der Waals surface area contributed by atoms with Gasteiger partial charge in [0.2, 0.25) is 0 Å². The molecule has 0 radical (unpaired) electrons. The molecule has 2 aromatic heterocycles. The number of aliphatic hydroxyl groups excluding tert-OH is 1. The van der Waals surface area contributed by atoms with Crippen molar-refractivity contribution in [1.29, 1.82) is 0 Å². The van der Waals surface area contributed by atoms with Crippen molar-refractivity contribution >= 4 is 0 Å². The predicted molar refractivity (Wildman–Crippen MR) is 61.4 cm³/mol. The summed E-state index contributed by atoms with van der Waals surface area (Å²) >= 11 is 0. The molecule has 17 heavy (non-hydrogen) atoms. The average Bonchev–Trinajstić information content (AvgIpc) is 2.35. The van der Waals surface area contributed by atoms with E-state index in [0.717, 1.165) is 0 Å². The van der Waals surface area contributed by atoms with Crippen LogP contribution in [0, 0.1) is 6.92 Å². The van der Waals surface area contributed by atoms with E-state index in [2.05, 4.69) is 19.9 Å². The van der Waals surface area contributed by atoms with Gasteiger partial charge in [-0.1, -0.05) is 0 Å². The number of nitrogens with one attached hydrogen (secondary N) is 1. The van der Waals surface area contributed by atoms with Gasteiger partial charge < -0.3 is 10.1 Å². The smallest absolute Gasteiger partial charge is 0.254 e. The number of aromatic amines is 1. The number of rotatable bonds is 3. The van der Waals surface area contributed by atoms with Crippen molar-refractivity contribution in [2.24, 2.45) is 0 Å². The summed E-state index contributed by atoms with van der Waals surface area (Å²) in [5, 5.41) is 8.85. The van der Waals surface area contributed by atoms with Gasteiger partial charge in [0.05, 0.1) is 0 Å². The van der Waals surface area contributed by atoms with Gasteiger partial charge in [0.1, 0.15) is 12.0 Å². The minimum atomic E-state index is -0.236. The number of hydrogen-bond acceptors (Lipinski definition) is 5. The molecule has 2 rings (SSSR count). The Morgan fingerprint density at radius 2 is 2.29 bits per heavy atom. The lowest BCUT2D eigenvalue weighted by atomic mass is 10.2. The molecule has 2 aromatic rings. The summed E-state index contributed by atoms with van der Waals surface area (Å²) in [4.78, 5) is 26.5. The van der Waals surface area contributed by atoms with Crippen LogP contribution in [0.3, 0.4) is 0 Å². The third-order valence-corrected chi connectivity index (χ3v) is 2.41. The molecule has 0 aromatic carbocycles. The van der Waals surface area contributed by atoms with Crippen molar-refractivity contribution in [1.82, 2.24) is 19.9 Å². The Balaban J connectivity index is 2.50. The number of H-pyrrole nitrogens is 1. The Morgan fingerprint density at radius 3 is 2.88 bits per heavy atom. The molecule has 0 saturated carbocycles. The molecule has 6 heteroatoms. The van der Waals surface area contributed by atoms with Crippen molar-refractivity contribution in [3.8, 4) is 11.5 Å². The molecule has 6 nitrogen and oxygen atoms in total. The number of hydrogen-bond donors (Lipinski definition) is 2. The fourth-order valence-electron chi connectivity index (χ4n) is 1.57. The van der Waals surface area contributed by atoms with Gasteiger partial charge in [0, 0.05) is 30.5 Å². The second-order valence-electron chi connectivity index (χ2n) is 3.55. The number of aromatic nitrogens is 4. The molecular formula is C11H12N4O2.